The van der Waals surface area contributed by atoms with Gasteiger partial charge < -0.3 is 19.7 Å². The molecule has 0 saturated carbocycles. The number of ether oxygens (including phenoxy) is 2. The van der Waals surface area contributed by atoms with Crippen LogP contribution in [0.2, 0.25) is 0 Å². The van der Waals surface area contributed by atoms with Gasteiger partial charge in [-0.3, -0.25) is 9.59 Å². The lowest BCUT2D eigenvalue weighted by molar-refractivity contribution is -0.152. The van der Waals surface area contributed by atoms with Crippen LogP contribution in [0.1, 0.15) is 142 Å². The van der Waals surface area contributed by atoms with Crippen molar-refractivity contribution < 1.29 is 29.3 Å². The standard InChI is InChI=1S/C36H62O6/c1-3-5-7-9-11-12-13-17-21-25-29-35(39)41-31-34(38)32-42-36(40)30-26-22-18-14-16-20-24-28-33(37)27-23-19-15-10-8-6-4-2/h14-15,18-20,23-24,27,33-34,37-38H,3-13,16-17,21-22,25-26,28-32H2,1-2H3/b18-14+,19-15-,24-20-,27-23-/t33-,34+/m1/s1. The first-order valence-electron chi connectivity index (χ1n) is 16.8. The van der Waals surface area contributed by atoms with Gasteiger partial charge in [0.2, 0.25) is 0 Å². The zero-order valence-electron chi connectivity index (χ0n) is 26.9. The van der Waals surface area contributed by atoms with E-state index >= 15 is 0 Å². The Balaban J connectivity index is 3.66. The third-order valence-corrected chi connectivity index (χ3v) is 6.90. The highest BCUT2D eigenvalue weighted by atomic mass is 16.6. The lowest BCUT2D eigenvalue weighted by Crippen LogP contribution is -2.25. The minimum Gasteiger partial charge on any atom is -0.463 e. The van der Waals surface area contributed by atoms with E-state index in [0.29, 0.717) is 19.3 Å². The van der Waals surface area contributed by atoms with Crippen LogP contribution in [0.3, 0.4) is 0 Å². The van der Waals surface area contributed by atoms with Gasteiger partial charge in [0.05, 0.1) is 6.10 Å². The number of allylic oxidation sites excluding steroid dienone is 6. The quantitative estimate of drug-likeness (QED) is 0.0391. The molecule has 0 radical (unpaired) electrons. The van der Waals surface area contributed by atoms with E-state index in [1.165, 1.54) is 64.2 Å². The Bertz CT molecular complexity index is 739. The maximum atomic E-state index is 11.9. The molecule has 0 aliphatic carbocycles. The highest BCUT2D eigenvalue weighted by Crippen LogP contribution is 2.11. The molecular weight excluding hydrogens is 528 g/mol. The molecular formula is C36H62O6. The number of unbranched alkanes of at least 4 members (excludes halogenated alkanes) is 13. The topological polar surface area (TPSA) is 93.1 Å². The highest BCUT2D eigenvalue weighted by molar-refractivity contribution is 5.69. The smallest absolute Gasteiger partial charge is 0.305 e. The molecule has 0 aliphatic rings. The predicted molar refractivity (Wildman–Crippen MR) is 174 cm³/mol. The van der Waals surface area contributed by atoms with Crippen molar-refractivity contribution in [2.75, 3.05) is 13.2 Å². The fourth-order valence-corrected chi connectivity index (χ4v) is 4.27. The van der Waals surface area contributed by atoms with Gasteiger partial charge in [0.1, 0.15) is 19.3 Å². The second kappa shape index (κ2) is 31.7. The summed E-state index contributed by atoms with van der Waals surface area (Å²) in [5.41, 5.74) is 0. The van der Waals surface area contributed by atoms with Crippen molar-refractivity contribution >= 4 is 11.9 Å². The summed E-state index contributed by atoms with van der Waals surface area (Å²) >= 11 is 0. The first-order chi connectivity index (χ1) is 20.5. The SMILES string of the molecule is CCCCC/C=C\C=C/[C@@H](O)C/C=C\C/C=C/CCCC(=O)OC[C@@H](O)COC(=O)CCCCCCCCCCCC. The Morgan fingerprint density at radius 2 is 1.12 bits per heavy atom. The monoisotopic (exact) mass is 590 g/mol. The van der Waals surface area contributed by atoms with E-state index in [0.717, 1.165) is 38.5 Å². The lowest BCUT2D eigenvalue weighted by atomic mass is 10.1. The molecule has 0 aliphatic heterocycles. The largest absolute Gasteiger partial charge is 0.463 e. The Morgan fingerprint density at radius 1 is 0.595 bits per heavy atom. The van der Waals surface area contributed by atoms with Crippen LogP contribution in [0.25, 0.3) is 0 Å². The molecule has 0 heterocycles. The molecule has 2 atom stereocenters. The van der Waals surface area contributed by atoms with Crippen molar-refractivity contribution in [3.8, 4) is 0 Å². The maximum absolute atomic E-state index is 11.9. The lowest BCUT2D eigenvalue weighted by Gasteiger charge is -2.12. The number of carbonyl (C=O) groups is 2. The van der Waals surface area contributed by atoms with Crippen molar-refractivity contribution in [3.63, 3.8) is 0 Å². The first-order valence-corrected chi connectivity index (χ1v) is 16.8. The van der Waals surface area contributed by atoms with Crippen LogP contribution in [-0.2, 0) is 19.1 Å². The zero-order valence-corrected chi connectivity index (χ0v) is 26.9. The van der Waals surface area contributed by atoms with E-state index in [1.54, 1.807) is 6.08 Å². The molecule has 0 aromatic heterocycles. The number of esters is 2. The van der Waals surface area contributed by atoms with E-state index < -0.39 is 12.2 Å². The molecule has 0 fully saturated rings. The molecule has 6 nitrogen and oxygen atoms in total. The Kier molecular flexibility index (Phi) is 30.1. The molecule has 2 N–H and O–H groups in total. The molecule has 0 unspecified atom stereocenters. The fraction of sp³-hybridized carbons (Fsp3) is 0.722. The molecule has 0 saturated heterocycles. The number of hydrogen-bond donors (Lipinski definition) is 2. The van der Waals surface area contributed by atoms with Crippen LogP contribution in [0.5, 0.6) is 0 Å². The summed E-state index contributed by atoms with van der Waals surface area (Å²) in [6.45, 7) is 4.11. The van der Waals surface area contributed by atoms with Gasteiger partial charge in [-0.2, -0.15) is 0 Å². The fourth-order valence-electron chi connectivity index (χ4n) is 4.27. The summed E-state index contributed by atoms with van der Waals surface area (Å²) in [5, 5.41) is 19.9. The summed E-state index contributed by atoms with van der Waals surface area (Å²) in [6, 6.07) is 0. The van der Waals surface area contributed by atoms with Crippen molar-refractivity contribution in [1.29, 1.82) is 0 Å². The van der Waals surface area contributed by atoms with Gasteiger partial charge in [0.25, 0.3) is 0 Å². The Hall–Kier alpha value is -2.18. The highest BCUT2D eigenvalue weighted by Gasteiger charge is 2.11. The van der Waals surface area contributed by atoms with Crippen LogP contribution in [0, 0.1) is 0 Å². The van der Waals surface area contributed by atoms with E-state index in [1.807, 2.05) is 36.5 Å². The summed E-state index contributed by atoms with van der Waals surface area (Å²) < 4.78 is 10.2. The van der Waals surface area contributed by atoms with Crippen molar-refractivity contribution in [2.24, 2.45) is 0 Å². The number of rotatable bonds is 29. The van der Waals surface area contributed by atoms with Gasteiger partial charge >= 0.3 is 11.9 Å². The van der Waals surface area contributed by atoms with E-state index in [4.69, 9.17) is 9.47 Å². The summed E-state index contributed by atoms with van der Waals surface area (Å²) in [5.74, 6) is -0.674. The second-order valence-corrected chi connectivity index (χ2v) is 11.1. The van der Waals surface area contributed by atoms with E-state index in [9.17, 15) is 19.8 Å². The van der Waals surface area contributed by atoms with Gasteiger partial charge in [-0.1, -0.05) is 133 Å². The molecule has 242 valence electrons. The molecule has 0 aromatic rings. The van der Waals surface area contributed by atoms with Crippen LogP contribution in [-0.4, -0.2) is 47.6 Å². The van der Waals surface area contributed by atoms with Gasteiger partial charge in [0, 0.05) is 12.8 Å². The van der Waals surface area contributed by atoms with Crippen LogP contribution in [0.15, 0.2) is 48.6 Å². The van der Waals surface area contributed by atoms with Crippen LogP contribution < -0.4 is 0 Å². The van der Waals surface area contributed by atoms with E-state index in [2.05, 4.69) is 19.9 Å². The van der Waals surface area contributed by atoms with Gasteiger partial charge in [-0.05, 0) is 44.9 Å². The number of aliphatic hydroxyl groups is 2. The van der Waals surface area contributed by atoms with Crippen LogP contribution >= 0.6 is 0 Å². The molecule has 0 amide bonds. The molecule has 42 heavy (non-hydrogen) atoms. The van der Waals surface area contributed by atoms with Crippen molar-refractivity contribution in [3.05, 3.63) is 48.6 Å². The summed E-state index contributed by atoms with van der Waals surface area (Å²) in [7, 11) is 0. The normalized spacial score (nSPS) is 13.5. The molecule has 0 rings (SSSR count). The Labute approximate surface area is 257 Å². The Morgan fingerprint density at radius 3 is 1.76 bits per heavy atom. The number of aliphatic hydroxyl groups excluding tert-OH is 2. The average molecular weight is 591 g/mol. The minimum absolute atomic E-state index is 0.149. The van der Waals surface area contributed by atoms with Gasteiger partial charge in [-0.15, -0.1) is 0 Å². The molecule has 0 spiro atoms. The predicted octanol–water partition coefficient (Wildman–Crippen LogP) is 8.86. The second-order valence-electron chi connectivity index (χ2n) is 11.1. The first kappa shape index (κ1) is 39.8. The van der Waals surface area contributed by atoms with Gasteiger partial charge in [-0.25, -0.2) is 0 Å². The number of hydrogen-bond acceptors (Lipinski definition) is 6. The number of carbonyl (C=O) groups excluding carboxylic acids is 2. The molecule has 0 bridgehead atoms. The summed E-state index contributed by atoms with van der Waals surface area (Å²) in [4.78, 5) is 23.7. The van der Waals surface area contributed by atoms with E-state index in [-0.39, 0.29) is 31.6 Å². The van der Waals surface area contributed by atoms with Crippen molar-refractivity contribution in [1.82, 2.24) is 0 Å². The minimum atomic E-state index is -1.00. The summed E-state index contributed by atoms with van der Waals surface area (Å²) in [6.07, 6.45) is 34.7. The molecule has 0 aromatic carbocycles. The third-order valence-electron chi connectivity index (χ3n) is 6.90. The molecule has 6 heteroatoms. The zero-order chi connectivity index (χ0) is 30.9. The van der Waals surface area contributed by atoms with Gasteiger partial charge in [0.15, 0.2) is 0 Å². The van der Waals surface area contributed by atoms with Crippen molar-refractivity contribution in [2.45, 2.75) is 154 Å². The third kappa shape index (κ3) is 30.8. The maximum Gasteiger partial charge on any atom is 0.305 e. The van der Waals surface area contributed by atoms with Crippen LogP contribution in [0.4, 0.5) is 0 Å². The average Bonchev–Trinajstić information content (AvgIpc) is 2.98.